The Labute approximate surface area is 106 Å². The number of thioether (sulfide) groups is 1. The molecule has 0 aromatic heterocycles. The number of aryl methyl sites for hydroxylation is 1. The molecule has 0 atom stereocenters. The molecule has 0 aliphatic rings. The maximum atomic E-state index is 3.56. The zero-order valence-corrected chi connectivity index (χ0v) is 12.1. The summed E-state index contributed by atoms with van der Waals surface area (Å²) in [7, 11) is 0. The maximum Gasteiger partial charge on any atom is 0.0184 e. The predicted octanol–water partition coefficient (Wildman–Crippen LogP) is 4.65. The number of hydrogen-bond donors (Lipinski definition) is 0. The zero-order valence-electron chi connectivity index (χ0n) is 9.72. The largest absolute Gasteiger partial charge is 0.157 e. The van der Waals surface area contributed by atoms with Crippen LogP contribution in [-0.4, -0.2) is 11.1 Å². The van der Waals surface area contributed by atoms with Crippen molar-refractivity contribution in [1.82, 2.24) is 0 Å². The van der Waals surface area contributed by atoms with Gasteiger partial charge in [-0.1, -0.05) is 59.6 Å². The number of hydrogen-bond acceptors (Lipinski definition) is 1. The summed E-state index contributed by atoms with van der Waals surface area (Å²) in [4.78, 5) is 0. The molecular weight excluding hydrogens is 268 g/mol. The van der Waals surface area contributed by atoms with E-state index in [0.29, 0.717) is 5.41 Å². The zero-order chi connectivity index (χ0) is 11.3. The summed E-state index contributed by atoms with van der Waals surface area (Å²) in [5, 5.41) is 1.07. The van der Waals surface area contributed by atoms with E-state index in [1.54, 1.807) is 0 Å². The van der Waals surface area contributed by atoms with Gasteiger partial charge in [0, 0.05) is 11.1 Å². The fourth-order valence-electron chi connectivity index (χ4n) is 1.29. The second kappa shape index (κ2) is 5.95. The number of halogens is 1. The minimum atomic E-state index is 0.397. The lowest BCUT2D eigenvalue weighted by molar-refractivity contribution is 0.496. The molecule has 2 heteroatoms. The summed E-state index contributed by atoms with van der Waals surface area (Å²) in [5.41, 5.74) is 3.19. The first kappa shape index (κ1) is 13.1. The molecule has 0 unspecified atom stereocenters. The van der Waals surface area contributed by atoms with Crippen LogP contribution < -0.4 is 0 Å². The first-order chi connectivity index (χ1) is 7.03. The summed E-state index contributed by atoms with van der Waals surface area (Å²) in [5.74, 6) is 2.32. The van der Waals surface area contributed by atoms with Gasteiger partial charge in [-0.15, -0.1) is 0 Å². The molecule has 0 spiro atoms. The monoisotopic (exact) mass is 286 g/mol. The van der Waals surface area contributed by atoms with Gasteiger partial charge in [-0.2, -0.15) is 11.8 Å². The van der Waals surface area contributed by atoms with Gasteiger partial charge in [0.1, 0.15) is 0 Å². The van der Waals surface area contributed by atoms with Crippen LogP contribution in [0.4, 0.5) is 0 Å². The number of alkyl halides is 1. The highest BCUT2D eigenvalue weighted by Gasteiger charge is 2.15. The predicted molar refractivity (Wildman–Crippen MR) is 74.9 cm³/mol. The van der Waals surface area contributed by atoms with Gasteiger partial charge < -0.3 is 0 Å². The van der Waals surface area contributed by atoms with Crippen molar-refractivity contribution < 1.29 is 0 Å². The van der Waals surface area contributed by atoms with E-state index in [2.05, 4.69) is 61.0 Å². The Bertz CT molecular complexity index is 307. The molecule has 0 fully saturated rings. The van der Waals surface area contributed by atoms with Crippen molar-refractivity contribution in [2.45, 2.75) is 26.5 Å². The van der Waals surface area contributed by atoms with E-state index < -0.39 is 0 Å². The van der Waals surface area contributed by atoms with Crippen LogP contribution in [0.5, 0.6) is 0 Å². The van der Waals surface area contributed by atoms with E-state index in [1.807, 2.05) is 11.8 Å². The summed E-state index contributed by atoms with van der Waals surface area (Å²) in [6, 6.07) is 8.77. The molecular formula is C13H19BrS. The topological polar surface area (TPSA) is 0 Å². The van der Waals surface area contributed by atoms with Crippen LogP contribution in [-0.2, 0) is 5.75 Å². The van der Waals surface area contributed by atoms with E-state index in [4.69, 9.17) is 0 Å². The summed E-state index contributed by atoms with van der Waals surface area (Å²) < 4.78 is 0. The first-order valence-corrected chi connectivity index (χ1v) is 7.50. The average molecular weight is 287 g/mol. The Balaban J connectivity index is 2.38. The van der Waals surface area contributed by atoms with Gasteiger partial charge in [-0.05, 0) is 23.7 Å². The Hall–Kier alpha value is 0.0500. The average Bonchev–Trinajstić information content (AvgIpc) is 2.18. The highest BCUT2D eigenvalue weighted by atomic mass is 79.9. The molecule has 84 valence electrons. The molecule has 0 saturated carbocycles. The Morgan fingerprint density at radius 3 is 2.67 bits per heavy atom. The Morgan fingerprint density at radius 2 is 2.07 bits per heavy atom. The van der Waals surface area contributed by atoms with Crippen LogP contribution in [0.1, 0.15) is 25.0 Å². The van der Waals surface area contributed by atoms with E-state index in [9.17, 15) is 0 Å². The van der Waals surface area contributed by atoms with E-state index in [1.165, 1.54) is 16.9 Å². The quantitative estimate of drug-likeness (QED) is 0.710. The van der Waals surface area contributed by atoms with E-state index >= 15 is 0 Å². The van der Waals surface area contributed by atoms with Gasteiger partial charge in [0.15, 0.2) is 0 Å². The second-order valence-electron chi connectivity index (χ2n) is 4.78. The van der Waals surface area contributed by atoms with Crippen LogP contribution in [0.2, 0.25) is 0 Å². The second-order valence-corrected chi connectivity index (χ2v) is 6.33. The van der Waals surface area contributed by atoms with Crippen molar-refractivity contribution >= 4 is 27.7 Å². The SMILES string of the molecule is Cc1cccc(CSCC(C)(C)CBr)c1. The van der Waals surface area contributed by atoms with Crippen molar-refractivity contribution in [3.63, 3.8) is 0 Å². The smallest absolute Gasteiger partial charge is 0.0184 e. The molecule has 0 radical (unpaired) electrons. The third-order valence-corrected chi connectivity index (χ3v) is 5.25. The van der Waals surface area contributed by atoms with E-state index in [-0.39, 0.29) is 0 Å². The summed E-state index contributed by atoms with van der Waals surface area (Å²) in [6.45, 7) is 6.74. The lowest BCUT2D eigenvalue weighted by atomic mass is 10.0. The van der Waals surface area contributed by atoms with Gasteiger partial charge in [0.25, 0.3) is 0 Å². The van der Waals surface area contributed by atoms with Crippen LogP contribution in [0.3, 0.4) is 0 Å². The summed E-state index contributed by atoms with van der Waals surface area (Å²) >= 11 is 5.57. The van der Waals surface area contributed by atoms with Crippen molar-refractivity contribution in [2.24, 2.45) is 5.41 Å². The molecule has 0 nitrogen and oxygen atoms in total. The van der Waals surface area contributed by atoms with Crippen LogP contribution in [0, 0.1) is 12.3 Å². The van der Waals surface area contributed by atoms with Crippen molar-refractivity contribution in [1.29, 1.82) is 0 Å². The maximum absolute atomic E-state index is 3.56. The minimum Gasteiger partial charge on any atom is -0.157 e. The fraction of sp³-hybridized carbons (Fsp3) is 0.538. The van der Waals surface area contributed by atoms with Crippen molar-refractivity contribution in [3.8, 4) is 0 Å². The van der Waals surface area contributed by atoms with Gasteiger partial charge in [-0.25, -0.2) is 0 Å². The fourth-order valence-corrected chi connectivity index (χ4v) is 2.92. The molecule has 0 N–H and O–H groups in total. The van der Waals surface area contributed by atoms with Crippen LogP contribution in [0.15, 0.2) is 24.3 Å². The molecule has 1 rings (SSSR count). The third kappa shape index (κ3) is 5.07. The number of benzene rings is 1. The molecule has 0 saturated heterocycles. The first-order valence-electron chi connectivity index (χ1n) is 5.23. The highest BCUT2D eigenvalue weighted by molar-refractivity contribution is 9.09. The van der Waals surface area contributed by atoms with Gasteiger partial charge in [0.2, 0.25) is 0 Å². The molecule has 1 aromatic carbocycles. The van der Waals surface area contributed by atoms with Crippen molar-refractivity contribution in [3.05, 3.63) is 35.4 Å². The normalized spacial score (nSPS) is 11.7. The minimum absolute atomic E-state index is 0.397. The molecule has 1 aromatic rings. The lowest BCUT2D eigenvalue weighted by Crippen LogP contribution is -2.16. The molecule has 0 aliphatic carbocycles. The molecule has 0 bridgehead atoms. The van der Waals surface area contributed by atoms with Gasteiger partial charge in [0.05, 0.1) is 0 Å². The van der Waals surface area contributed by atoms with Gasteiger partial charge >= 0.3 is 0 Å². The lowest BCUT2D eigenvalue weighted by Gasteiger charge is -2.20. The highest BCUT2D eigenvalue weighted by Crippen LogP contribution is 2.26. The van der Waals surface area contributed by atoms with Crippen LogP contribution >= 0.6 is 27.7 Å². The Kier molecular flexibility index (Phi) is 5.20. The summed E-state index contributed by atoms with van der Waals surface area (Å²) in [6.07, 6.45) is 0. The van der Waals surface area contributed by atoms with Gasteiger partial charge in [-0.3, -0.25) is 0 Å². The molecule has 0 heterocycles. The Morgan fingerprint density at radius 1 is 1.33 bits per heavy atom. The van der Waals surface area contributed by atoms with Crippen LogP contribution in [0.25, 0.3) is 0 Å². The molecule has 0 aliphatic heterocycles. The molecule has 0 amide bonds. The standard InChI is InChI=1S/C13H19BrS/c1-11-5-4-6-12(7-11)8-15-10-13(2,3)9-14/h4-7H,8-10H2,1-3H3. The molecule has 15 heavy (non-hydrogen) atoms. The van der Waals surface area contributed by atoms with Crippen molar-refractivity contribution in [2.75, 3.05) is 11.1 Å². The van der Waals surface area contributed by atoms with E-state index in [0.717, 1.165) is 11.1 Å². The third-order valence-electron chi connectivity index (χ3n) is 2.21. The number of rotatable bonds is 5.